The van der Waals surface area contributed by atoms with Gasteiger partial charge in [0.15, 0.2) is 0 Å². The van der Waals surface area contributed by atoms with Crippen molar-refractivity contribution in [1.82, 2.24) is 0 Å². The molecule has 6 heteroatoms. The van der Waals surface area contributed by atoms with E-state index >= 15 is 0 Å². The summed E-state index contributed by atoms with van der Waals surface area (Å²) in [4.78, 5) is 26.0. The molecule has 0 saturated carbocycles. The van der Waals surface area contributed by atoms with Crippen LogP contribution in [0.1, 0.15) is 31.0 Å². The molecule has 142 valence electrons. The molecule has 6 nitrogen and oxygen atoms in total. The molecule has 0 amide bonds. The first-order chi connectivity index (χ1) is 13.0. The molecule has 1 aliphatic rings. The normalized spacial score (nSPS) is 17.1. The van der Waals surface area contributed by atoms with Gasteiger partial charge in [-0.2, -0.15) is 0 Å². The number of carbonyl (C=O) groups is 2. The lowest BCUT2D eigenvalue weighted by Gasteiger charge is -2.41. The van der Waals surface area contributed by atoms with E-state index in [4.69, 9.17) is 14.2 Å². The Kier molecular flexibility index (Phi) is 5.35. The summed E-state index contributed by atoms with van der Waals surface area (Å²) in [5, 5.41) is 3.30. The van der Waals surface area contributed by atoms with Gasteiger partial charge in [-0.05, 0) is 44.0 Å². The van der Waals surface area contributed by atoms with Crippen molar-refractivity contribution >= 4 is 17.6 Å². The van der Waals surface area contributed by atoms with Crippen LogP contribution in [0.4, 0.5) is 5.69 Å². The van der Waals surface area contributed by atoms with Crippen LogP contribution in [0, 0.1) is 6.92 Å². The zero-order valence-corrected chi connectivity index (χ0v) is 15.7. The molecular formula is C21H23NO5. The molecule has 0 spiro atoms. The van der Waals surface area contributed by atoms with Gasteiger partial charge in [-0.15, -0.1) is 0 Å². The van der Waals surface area contributed by atoms with Crippen molar-refractivity contribution in [2.24, 2.45) is 0 Å². The van der Waals surface area contributed by atoms with E-state index in [1.807, 2.05) is 49.4 Å². The number of hydrogen-bond donors (Lipinski definition) is 1. The lowest BCUT2D eigenvalue weighted by molar-refractivity contribution is -0.182. The van der Waals surface area contributed by atoms with Crippen molar-refractivity contribution in [3.63, 3.8) is 0 Å². The average Bonchev–Trinajstić information content (AvgIpc) is 2.68. The van der Waals surface area contributed by atoms with Crippen LogP contribution in [-0.4, -0.2) is 30.8 Å². The zero-order valence-electron chi connectivity index (χ0n) is 15.7. The Balaban J connectivity index is 2.20. The number of anilines is 1. The van der Waals surface area contributed by atoms with Gasteiger partial charge in [0.2, 0.25) is 0 Å². The predicted molar refractivity (Wildman–Crippen MR) is 101 cm³/mol. The number of ether oxygens (including phenoxy) is 3. The van der Waals surface area contributed by atoms with Gasteiger partial charge in [-0.25, -0.2) is 9.59 Å². The molecule has 0 aromatic heterocycles. The van der Waals surface area contributed by atoms with Crippen LogP contribution in [0.25, 0.3) is 0 Å². The second kappa shape index (κ2) is 7.70. The number of hydrogen-bond acceptors (Lipinski definition) is 6. The predicted octanol–water partition coefficient (Wildman–Crippen LogP) is 3.41. The highest BCUT2D eigenvalue weighted by atomic mass is 16.6. The Hall–Kier alpha value is -3.02. The van der Waals surface area contributed by atoms with Crippen molar-refractivity contribution in [2.75, 3.05) is 18.5 Å². The summed E-state index contributed by atoms with van der Waals surface area (Å²) in [5.74, 6) is -1.17. The molecule has 0 fully saturated rings. The first-order valence-electron chi connectivity index (χ1n) is 8.98. The van der Waals surface area contributed by atoms with E-state index in [1.165, 1.54) is 0 Å². The van der Waals surface area contributed by atoms with E-state index in [2.05, 4.69) is 5.32 Å². The maximum absolute atomic E-state index is 13.0. The molecule has 27 heavy (non-hydrogen) atoms. The summed E-state index contributed by atoms with van der Waals surface area (Å²) in [6.07, 6.45) is 0. The second-order valence-electron chi connectivity index (χ2n) is 6.27. The number of rotatable bonds is 5. The first-order valence-corrected chi connectivity index (χ1v) is 8.98. The number of benzene rings is 2. The van der Waals surface area contributed by atoms with Gasteiger partial charge < -0.3 is 19.5 Å². The fourth-order valence-corrected chi connectivity index (χ4v) is 3.18. The molecule has 1 atom stereocenters. The molecule has 2 aromatic carbocycles. The Morgan fingerprint density at radius 1 is 1.04 bits per heavy atom. The standard InChI is InChI=1S/C21H23NO5/c1-4-25-19(23)21(20(24)26-5-2)18(15-9-7-6-8-10-15)22-16-13-14(3)11-12-17(16)27-21/h6-13,18,22H,4-5H2,1-3H3. The monoisotopic (exact) mass is 369 g/mol. The lowest BCUT2D eigenvalue weighted by atomic mass is 9.86. The number of fused-ring (bicyclic) bond motifs is 1. The van der Waals surface area contributed by atoms with Crippen LogP contribution < -0.4 is 10.1 Å². The highest BCUT2D eigenvalue weighted by Crippen LogP contribution is 2.44. The molecule has 1 N–H and O–H groups in total. The number of esters is 2. The molecule has 0 radical (unpaired) electrons. The third-order valence-corrected chi connectivity index (χ3v) is 4.40. The molecule has 0 bridgehead atoms. The first kappa shape index (κ1) is 18.8. The van der Waals surface area contributed by atoms with Gasteiger partial charge in [-0.3, -0.25) is 0 Å². The summed E-state index contributed by atoms with van der Waals surface area (Å²) in [5.41, 5.74) is 0.464. The molecular weight excluding hydrogens is 346 g/mol. The third kappa shape index (κ3) is 3.35. The lowest BCUT2D eigenvalue weighted by Crippen LogP contribution is -2.61. The number of nitrogens with one attached hydrogen (secondary N) is 1. The highest BCUT2D eigenvalue weighted by molar-refractivity contribution is 6.06. The molecule has 3 rings (SSSR count). The van der Waals surface area contributed by atoms with Crippen LogP contribution in [0.5, 0.6) is 5.75 Å². The largest absolute Gasteiger partial charge is 0.462 e. The van der Waals surface area contributed by atoms with Gasteiger partial charge in [-0.1, -0.05) is 36.4 Å². The number of carbonyl (C=O) groups excluding carboxylic acids is 2. The Labute approximate surface area is 158 Å². The van der Waals surface area contributed by atoms with Crippen molar-refractivity contribution in [1.29, 1.82) is 0 Å². The third-order valence-electron chi connectivity index (χ3n) is 4.40. The van der Waals surface area contributed by atoms with Gasteiger partial charge in [0.05, 0.1) is 18.9 Å². The number of aryl methyl sites for hydroxylation is 1. The van der Waals surface area contributed by atoms with Gasteiger partial charge in [0.25, 0.3) is 0 Å². The second-order valence-corrected chi connectivity index (χ2v) is 6.27. The summed E-state index contributed by atoms with van der Waals surface area (Å²) in [6.45, 7) is 5.55. The molecule has 2 aromatic rings. The van der Waals surface area contributed by atoms with Crippen molar-refractivity contribution in [3.05, 3.63) is 59.7 Å². The SMILES string of the molecule is CCOC(=O)C1(C(=O)OCC)Oc2ccc(C)cc2NC1c1ccccc1. The molecule has 1 unspecified atom stereocenters. The molecule has 0 saturated heterocycles. The fraction of sp³-hybridized carbons (Fsp3) is 0.333. The zero-order chi connectivity index (χ0) is 19.4. The van der Waals surface area contributed by atoms with Gasteiger partial charge >= 0.3 is 17.5 Å². The van der Waals surface area contributed by atoms with Crippen LogP contribution in [0.3, 0.4) is 0 Å². The van der Waals surface area contributed by atoms with E-state index in [0.29, 0.717) is 17.0 Å². The van der Waals surface area contributed by atoms with Gasteiger partial charge in [0.1, 0.15) is 11.8 Å². The maximum atomic E-state index is 13.0. The molecule has 0 aliphatic carbocycles. The minimum Gasteiger partial charge on any atom is -0.462 e. The van der Waals surface area contributed by atoms with Crippen LogP contribution >= 0.6 is 0 Å². The smallest absolute Gasteiger partial charge is 0.365 e. The van der Waals surface area contributed by atoms with E-state index in [0.717, 1.165) is 5.56 Å². The van der Waals surface area contributed by atoms with Crippen molar-refractivity contribution in [3.8, 4) is 5.75 Å². The minimum absolute atomic E-state index is 0.117. The van der Waals surface area contributed by atoms with Crippen molar-refractivity contribution < 1.29 is 23.8 Å². The fourth-order valence-electron chi connectivity index (χ4n) is 3.18. The molecule has 1 aliphatic heterocycles. The highest BCUT2D eigenvalue weighted by Gasteiger charge is 2.61. The Bertz CT molecular complexity index is 816. The topological polar surface area (TPSA) is 73.9 Å². The summed E-state index contributed by atoms with van der Waals surface area (Å²) in [7, 11) is 0. The average molecular weight is 369 g/mol. The van der Waals surface area contributed by atoms with Crippen LogP contribution in [-0.2, 0) is 19.1 Å². The molecule has 1 heterocycles. The Morgan fingerprint density at radius 2 is 1.67 bits per heavy atom. The van der Waals surface area contributed by atoms with Gasteiger partial charge in [0, 0.05) is 0 Å². The maximum Gasteiger partial charge on any atom is 0.365 e. The minimum atomic E-state index is -1.98. The van der Waals surface area contributed by atoms with E-state index in [1.54, 1.807) is 19.9 Å². The van der Waals surface area contributed by atoms with E-state index in [9.17, 15) is 9.59 Å². The summed E-state index contributed by atoms with van der Waals surface area (Å²) in [6, 6.07) is 13.9. The Morgan fingerprint density at radius 3 is 2.26 bits per heavy atom. The van der Waals surface area contributed by atoms with Crippen LogP contribution in [0.2, 0.25) is 0 Å². The quantitative estimate of drug-likeness (QED) is 0.643. The van der Waals surface area contributed by atoms with E-state index in [-0.39, 0.29) is 13.2 Å². The van der Waals surface area contributed by atoms with Crippen molar-refractivity contribution in [2.45, 2.75) is 32.4 Å². The van der Waals surface area contributed by atoms with Crippen LogP contribution in [0.15, 0.2) is 48.5 Å². The summed E-state index contributed by atoms with van der Waals surface area (Å²) >= 11 is 0. The summed E-state index contributed by atoms with van der Waals surface area (Å²) < 4.78 is 16.5. The van der Waals surface area contributed by atoms with E-state index < -0.39 is 23.6 Å².